The quantitative estimate of drug-likeness (QED) is 0.293. The molecule has 0 spiro atoms. The van der Waals surface area contributed by atoms with Crippen LogP contribution in [-0.2, 0) is 6.54 Å². The summed E-state index contributed by atoms with van der Waals surface area (Å²) < 4.78 is 60.9. The maximum Gasteiger partial charge on any atom is 0.172 e. The summed E-state index contributed by atoms with van der Waals surface area (Å²) in [5, 5.41) is 18.9. The average Bonchev–Trinajstić information content (AvgIpc) is 3.44. The van der Waals surface area contributed by atoms with Crippen LogP contribution in [0.2, 0.25) is 0 Å². The fraction of sp³-hybridized carbons (Fsp3) is 0.0741. The molecule has 38 heavy (non-hydrogen) atoms. The van der Waals surface area contributed by atoms with E-state index in [-0.39, 0.29) is 45.6 Å². The van der Waals surface area contributed by atoms with E-state index in [1.165, 1.54) is 39.7 Å². The fourth-order valence-corrected chi connectivity index (χ4v) is 4.51. The van der Waals surface area contributed by atoms with Gasteiger partial charge in [0.1, 0.15) is 41.1 Å². The predicted molar refractivity (Wildman–Crippen MR) is 129 cm³/mol. The molecule has 186 valence electrons. The summed E-state index contributed by atoms with van der Waals surface area (Å²) in [7, 11) is 0. The van der Waals surface area contributed by atoms with Crippen molar-refractivity contribution in [1.29, 1.82) is 5.26 Å². The molecule has 0 aliphatic heterocycles. The van der Waals surface area contributed by atoms with Crippen LogP contribution >= 0.6 is 0 Å². The lowest BCUT2D eigenvalue weighted by Crippen LogP contribution is -2.17. The highest BCUT2D eigenvalue weighted by atomic mass is 19.1. The van der Waals surface area contributed by atoms with Gasteiger partial charge in [0, 0.05) is 16.5 Å². The fourth-order valence-electron chi connectivity index (χ4n) is 4.51. The van der Waals surface area contributed by atoms with Crippen molar-refractivity contribution in [2.24, 2.45) is 0 Å². The van der Waals surface area contributed by atoms with Gasteiger partial charge >= 0.3 is 0 Å². The third-order valence-corrected chi connectivity index (χ3v) is 6.18. The van der Waals surface area contributed by atoms with Crippen LogP contribution in [0.4, 0.5) is 17.6 Å². The van der Waals surface area contributed by atoms with E-state index in [1.807, 2.05) is 6.07 Å². The van der Waals surface area contributed by atoms with Crippen LogP contribution in [0.25, 0.3) is 22.1 Å². The first kappa shape index (κ1) is 23.3. The minimum Gasteiger partial charge on any atom is -0.242 e. The topological polar surface area (TPSA) is 85.2 Å². The molecule has 0 amide bonds. The molecular formula is C27H15F4N7. The number of nitrogens with zero attached hydrogens (tertiary/aromatic N) is 7. The molecule has 0 radical (unpaired) electrons. The zero-order chi connectivity index (χ0) is 26.4. The molecule has 0 fully saturated rings. The molecule has 0 saturated heterocycles. The molecule has 6 aromatic rings. The van der Waals surface area contributed by atoms with Crippen LogP contribution in [-0.4, -0.2) is 29.5 Å². The van der Waals surface area contributed by atoms with Crippen LogP contribution in [0.3, 0.4) is 0 Å². The van der Waals surface area contributed by atoms with Crippen molar-refractivity contribution >= 4 is 22.1 Å². The second-order valence-corrected chi connectivity index (χ2v) is 8.51. The van der Waals surface area contributed by atoms with Crippen LogP contribution in [0.1, 0.15) is 28.6 Å². The van der Waals surface area contributed by atoms with Crippen molar-refractivity contribution in [2.75, 3.05) is 0 Å². The molecule has 0 aliphatic rings. The molecule has 1 unspecified atom stereocenters. The monoisotopic (exact) mass is 513 g/mol. The number of rotatable bonds is 5. The van der Waals surface area contributed by atoms with Crippen molar-refractivity contribution in [3.05, 3.63) is 119 Å². The van der Waals surface area contributed by atoms with Gasteiger partial charge in [0.15, 0.2) is 17.0 Å². The minimum absolute atomic E-state index is 0.0431. The summed E-state index contributed by atoms with van der Waals surface area (Å²) >= 11 is 0. The van der Waals surface area contributed by atoms with Gasteiger partial charge in [-0.15, -0.1) is 0 Å². The van der Waals surface area contributed by atoms with Gasteiger partial charge in [0.05, 0.1) is 24.3 Å². The van der Waals surface area contributed by atoms with E-state index in [2.05, 4.69) is 20.2 Å². The first-order valence-corrected chi connectivity index (χ1v) is 11.4. The Bertz CT molecular complexity index is 1890. The molecule has 0 aliphatic carbocycles. The highest BCUT2D eigenvalue weighted by molar-refractivity contribution is 5.83. The molecule has 0 bridgehead atoms. The Morgan fingerprint density at radius 2 is 1.45 bits per heavy atom. The van der Waals surface area contributed by atoms with E-state index in [4.69, 9.17) is 0 Å². The van der Waals surface area contributed by atoms with Crippen molar-refractivity contribution in [2.45, 2.75) is 12.6 Å². The molecule has 6 rings (SSSR count). The lowest BCUT2D eigenvalue weighted by molar-refractivity contribution is 0.531. The van der Waals surface area contributed by atoms with E-state index in [0.717, 1.165) is 18.5 Å². The van der Waals surface area contributed by atoms with Crippen LogP contribution in [0.5, 0.6) is 0 Å². The Balaban J connectivity index is 1.66. The second-order valence-electron chi connectivity index (χ2n) is 8.51. The molecule has 0 N–H and O–H groups in total. The summed E-state index contributed by atoms with van der Waals surface area (Å²) in [6, 6.07) is 15.0. The standard InChI is InChI=1S/C27H15F4N7/c28-16-9-19-23(11-32)35-38(27(19)34-13-16)25(18-6-2-4-8-22(18)31)24-20-10-17(29)12-33-26(20)37(36-24)14-15-5-1-3-7-21(15)30/h1-10,12-13,25H,14H2. The Morgan fingerprint density at radius 1 is 0.789 bits per heavy atom. The van der Waals surface area contributed by atoms with Gasteiger partial charge < -0.3 is 0 Å². The van der Waals surface area contributed by atoms with Crippen molar-refractivity contribution < 1.29 is 17.6 Å². The summed E-state index contributed by atoms with van der Waals surface area (Å²) in [6.45, 7) is -0.0431. The van der Waals surface area contributed by atoms with Crippen molar-refractivity contribution in [1.82, 2.24) is 29.5 Å². The Kier molecular flexibility index (Phi) is 5.57. The van der Waals surface area contributed by atoms with Gasteiger partial charge in [0.2, 0.25) is 0 Å². The van der Waals surface area contributed by atoms with E-state index in [0.29, 0.717) is 5.56 Å². The molecule has 4 aromatic heterocycles. The largest absolute Gasteiger partial charge is 0.242 e. The van der Waals surface area contributed by atoms with Gasteiger partial charge in [-0.25, -0.2) is 36.9 Å². The Hall–Kier alpha value is -5.11. The highest BCUT2D eigenvalue weighted by Gasteiger charge is 2.30. The molecule has 2 aromatic carbocycles. The second kappa shape index (κ2) is 9.08. The van der Waals surface area contributed by atoms with E-state index in [9.17, 15) is 18.4 Å². The molecular weight excluding hydrogens is 498 g/mol. The number of benzene rings is 2. The number of pyridine rings is 2. The van der Waals surface area contributed by atoms with E-state index in [1.54, 1.807) is 24.3 Å². The van der Waals surface area contributed by atoms with E-state index < -0.39 is 29.3 Å². The summed E-state index contributed by atoms with van der Waals surface area (Å²) in [5.74, 6) is -2.43. The van der Waals surface area contributed by atoms with Gasteiger partial charge in [-0.05, 0) is 24.3 Å². The summed E-state index contributed by atoms with van der Waals surface area (Å²) in [4.78, 5) is 8.29. The number of nitriles is 1. The first-order valence-electron chi connectivity index (χ1n) is 11.4. The molecule has 7 nitrogen and oxygen atoms in total. The van der Waals surface area contributed by atoms with Crippen LogP contribution in [0.15, 0.2) is 73.1 Å². The van der Waals surface area contributed by atoms with Crippen molar-refractivity contribution in [3.63, 3.8) is 0 Å². The zero-order valence-electron chi connectivity index (χ0n) is 19.4. The lowest BCUT2D eigenvalue weighted by atomic mass is 10.0. The molecule has 11 heteroatoms. The predicted octanol–water partition coefficient (Wildman–Crippen LogP) is 5.29. The number of aromatic nitrogens is 6. The normalized spacial score (nSPS) is 12.2. The number of hydrogen-bond donors (Lipinski definition) is 0. The van der Waals surface area contributed by atoms with Gasteiger partial charge in [0.25, 0.3) is 0 Å². The maximum absolute atomic E-state index is 15.3. The summed E-state index contributed by atoms with van der Waals surface area (Å²) in [6.07, 6.45) is 1.96. The Labute approximate surface area is 212 Å². The van der Waals surface area contributed by atoms with E-state index >= 15 is 4.39 Å². The smallest absolute Gasteiger partial charge is 0.172 e. The first-order chi connectivity index (χ1) is 18.4. The van der Waals surface area contributed by atoms with Gasteiger partial charge in [-0.3, -0.25) is 0 Å². The van der Waals surface area contributed by atoms with Crippen LogP contribution in [0, 0.1) is 34.6 Å². The van der Waals surface area contributed by atoms with Crippen LogP contribution < -0.4 is 0 Å². The lowest BCUT2D eigenvalue weighted by Gasteiger charge is -2.18. The highest BCUT2D eigenvalue weighted by Crippen LogP contribution is 2.35. The molecule has 1 atom stereocenters. The SMILES string of the molecule is N#Cc1nn(C(c2ccccc2F)c2nn(Cc3ccccc3F)c3ncc(F)cc23)c2ncc(F)cc12. The number of fused-ring (bicyclic) bond motifs is 2. The van der Waals surface area contributed by atoms with Gasteiger partial charge in [-0.2, -0.15) is 15.5 Å². The average molecular weight is 513 g/mol. The van der Waals surface area contributed by atoms with Gasteiger partial charge in [-0.1, -0.05) is 36.4 Å². The molecule has 4 heterocycles. The summed E-state index contributed by atoms with van der Waals surface area (Å²) in [5.41, 5.74) is 0.722. The molecule has 0 saturated carbocycles. The number of hydrogen-bond acceptors (Lipinski definition) is 5. The third-order valence-electron chi connectivity index (χ3n) is 6.18. The van der Waals surface area contributed by atoms with Crippen molar-refractivity contribution in [3.8, 4) is 6.07 Å². The minimum atomic E-state index is -1.16. The number of halogens is 4. The zero-order valence-corrected chi connectivity index (χ0v) is 19.4. The Morgan fingerprint density at radius 3 is 2.16 bits per heavy atom. The third kappa shape index (κ3) is 3.83. The maximum atomic E-state index is 15.3.